The molecule has 2 aromatic heterocycles. The molecule has 0 aliphatic rings. The Morgan fingerprint density at radius 2 is 1.61 bits per heavy atom. The number of aromatic nitrogens is 3. The molecule has 12 heteroatoms. The van der Waals surface area contributed by atoms with Crippen molar-refractivity contribution >= 4 is 61.5 Å². The summed E-state index contributed by atoms with van der Waals surface area (Å²) in [5, 5.41) is 0.788. The number of sulfonamides is 1. The quantitative estimate of drug-likeness (QED) is 0.569. The van der Waals surface area contributed by atoms with E-state index in [9.17, 15) is 8.42 Å². The molecule has 0 spiro atoms. The highest BCUT2D eigenvalue weighted by atomic mass is 35.5. The van der Waals surface area contributed by atoms with Crippen molar-refractivity contribution < 1.29 is 17.9 Å². The zero-order chi connectivity index (χ0) is 20.6. The minimum Gasteiger partial charge on any atom is -0.495 e. The average molecular weight is 464 g/mol. The van der Waals surface area contributed by atoms with Crippen molar-refractivity contribution in [3.05, 3.63) is 33.5 Å². The number of halogens is 3. The Morgan fingerprint density at radius 1 is 1.00 bits per heavy atom. The molecule has 3 aromatic rings. The van der Waals surface area contributed by atoms with Crippen LogP contribution in [-0.4, -0.2) is 43.8 Å². The van der Waals surface area contributed by atoms with Crippen molar-refractivity contribution in [1.82, 2.24) is 15.0 Å². The Hall–Kier alpha value is -2.07. The van der Waals surface area contributed by atoms with E-state index in [0.29, 0.717) is 10.9 Å². The number of fused-ring (bicyclic) bond motifs is 1. The normalized spacial score (nSPS) is 11.5. The van der Waals surface area contributed by atoms with Gasteiger partial charge in [0.25, 0.3) is 0 Å². The lowest BCUT2D eigenvalue weighted by Crippen LogP contribution is -2.12. The third-order valence-corrected chi connectivity index (χ3v) is 5.15. The van der Waals surface area contributed by atoms with Gasteiger partial charge in [-0.1, -0.05) is 34.8 Å². The first-order chi connectivity index (χ1) is 13.1. The van der Waals surface area contributed by atoms with Gasteiger partial charge in [-0.15, -0.1) is 0 Å². The van der Waals surface area contributed by atoms with Crippen LogP contribution < -0.4 is 14.2 Å². The molecular weight excluding hydrogens is 451 g/mol. The molecule has 0 bridgehead atoms. The number of methoxy groups -OCH3 is 2. The van der Waals surface area contributed by atoms with Gasteiger partial charge in [0.15, 0.2) is 11.6 Å². The molecular formula is C16H13Cl3N4O4S. The lowest BCUT2D eigenvalue weighted by atomic mass is 10.1. The highest BCUT2D eigenvalue weighted by Crippen LogP contribution is 2.45. The smallest absolute Gasteiger partial charge is 0.230 e. The van der Waals surface area contributed by atoms with Crippen LogP contribution in [0.25, 0.3) is 22.3 Å². The van der Waals surface area contributed by atoms with E-state index in [2.05, 4.69) is 19.7 Å². The molecule has 0 unspecified atom stereocenters. The van der Waals surface area contributed by atoms with Gasteiger partial charge in [0.1, 0.15) is 16.7 Å². The van der Waals surface area contributed by atoms with E-state index in [4.69, 9.17) is 44.3 Å². The highest BCUT2D eigenvalue weighted by Gasteiger charge is 2.23. The van der Waals surface area contributed by atoms with E-state index in [1.807, 2.05) is 0 Å². The summed E-state index contributed by atoms with van der Waals surface area (Å²) in [4.78, 5) is 12.7. The SMILES string of the molecule is COc1cc(OC)c(Cl)c(-c2nc(NS(C)(=O)=O)c3cc(Cl)ncc3n2)c1Cl. The van der Waals surface area contributed by atoms with Gasteiger partial charge in [-0.25, -0.2) is 23.4 Å². The number of nitrogens with zero attached hydrogens (tertiary/aromatic N) is 3. The lowest BCUT2D eigenvalue weighted by Gasteiger charge is -2.15. The van der Waals surface area contributed by atoms with Crippen LogP contribution in [-0.2, 0) is 10.0 Å². The fourth-order valence-corrected chi connectivity index (χ4v) is 3.79. The Labute approximate surface area is 175 Å². The third kappa shape index (κ3) is 4.02. The minimum atomic E-state index is -3.65. The summed E-state index contributed by atoms with van der Waals surface area (Å²) in [7, 11) is -0.780. The molecule has 28 heavy (non-hydrogen) atoms. The molecule has 3 rings (SSSR count). The predicted molar refractivity (Wildman–Crippen MR) is 109 cm³/mol. The molecule has 8 nitrogen and oxygen atoms in total. The van der Waals surface area contributed by atoms with Crippen molar-refractivity contribution in [2.75, 3.05) is 25.2 Å². The minimum absolute atomic E-state index is 0.000667. The number of hydrogen-bond donors (Lipinski definition) is 1. The molecule has 0 fully saturated rings. The fraction of sp³-hybridized carbons (Fsp3) is 0.188. The van der Waals surface area contributed by atoms with E-state index in [-0.39, 0.29) is 43.9 Å². The van der Waals surface area contributed by atoms with Crippen LogP contribution in [0.5, 0.6) is 11.5 Å². The standard InChI is InChI=1S/C16H13Cl3N4O4S/c1-26-9-5-10(27-2)14(19)12(13(9)18)16-21-8-6-20-11(17)4-7(8)15(22-16)23-28(3,24)25/h4-6H,1-3H3,(H,21,22,23). The van der Waals surface area contributed by atoms with Crippen molar-refractivity contribution in [3.8, 4) is 22.9 Å². The summed E-state index contributed by atoms with van der Waals surface area (Å²) in [6, 6.07) is 2.97. The first kappa shape index (κ1) is 20.7. The Morgan fingerprint density at radius 3 is 2.14 bits per heavy atom. The molecule has 1 aromatic carbocycles. The van der Waals surface area contributed by atoms with Crippen LogP contribution in [0, 0.1) is 0 Å². The second-order valence-corrected chi connectivity index (χ2v) is 8.47. The molecule has 148 valence electrons. The van der Waals surface area contributed by atoms with Crippen LogP contribution >= 0.6 is 34.8 Å². The third-order valence-electron chi connectivity index (χ3n) is 3.63. The van der Waals surface area contributed by atoms with Gasteiger partial charge < -0.3 is 9.47 Å². The number of rotatable bonds is 5. The van der Waals surface area contributed by atoms with Gasteiger partial charge in [-0.05, 0) is 6.07 Å². The van der Waals surface area contributed by atoms with Gasteiger partial charge in [0.2, 0.25) is 10.0 Å². The molecule has 0 radical (unpaired) electrons. The van der Waals surface area contributed by atoms with Crippen LogP contribution in [0.4, 0.5) is 5.82 Å². The monoisotopic (exact) mass is 462 g/mol. The van der Waals surface area contributed by atoms with Crippen molar-refractivity contribution in [2.45, 2.75) is 0 Å². The number of anilines is 1. The summed E-state index contributed by atoms with van der Waals surface area (Å²) < 4.78 is 36.4. The second-order valence-electron chi connectivity index (χ2n) is 5.58. The summed E-state index contributed by atoms with van der Waals surface area (Å²) in [5.41, 5.74) is 0.544. The zero-order valence-electron chi connectivity index (χ0n) is 14.7. The molecule has 0 saturated carbocycles. The fourth-order valence-electron chi connectivity index (χ4n) is 2.45. The number of nitrogens with one attached hydrogen (secondary N) is 1. The number of benzene rings is 1. The van der Waals surface area contributed by atoms with Crippen molar-refractivity contribution in [3.63, 3.8) is 0 Å². The Kier molecular flexibility index (Phi) is 5.72. The lowest BCUT2D eigenvalue weighted by molar-refractivity contribution is 0.395. The van der Waals surface area contributed by atoms with Crippen LogP contribution in [0.3, 0.4) is 0 Å². The maximum Gasteiger partial charge on any atom is 0.230 e. The van der Waals surface area contributed by atoms with Gasteiger partial charge in [-0.3, -0.25) is 4.72 Å². The summed E-state index contributed by atoms with van der Waals surface area (Å²) in [5.74, 6) is 0.623. The van der Waals surface area contributed by atoms with Crippen LogP contribution in [0.2, 0.25) is 15.2 Å². The molecule has 0 atom stereocenters. The predicted octanol–water partition coefficient (Wildman–Crippen LogP) is 4.04. The molecule has 1 N–H and O–H groups in total. The highest BCUT2D eigenvalue weighted by molar-refractivity contribution is 7.92. The van der Waals surface area contributed by atoms with E-state index >= 15 is 0 Å². The van der Waals surface area contributed by atoms with Crippen LogP contribution in [0.15, 0.2) is 18.3 Å². The largest absolute Gasteiger partial charge is 0.495 e. The first-order valence-electron chi connectivity index (χ1n) is 7.56. The molecule has 0 saturated heterocycles. The number of ether oxygens (including phenoxy) is 2. The molecule has 0 aliphatic carbocycles. The maximum absolute atomic E-state index is 11.8. The average Bonchev–Trinajstić information content (AvgIpc) is 2.61. The summed E-state index contributed by atoms with van der Waals surface area (Å²) in [6.45, 7) is 0. The van der Waals surface area contributed by atoms with Crippen LogP contribution in [0.1, 0.15) is 0 Å². The van der Waals surface area contributed by atoms with E-state index < -0.39 is 10.0 Å². The van der Waals surface area contributed by atoms with E-state index in [0.717, 1.165) is 6.26 Å². The van der Waals surface area contributed by atoms with Crippen molar-refractivity contribution in [2.24, 2.45) is 0 Å². The first-order valence-corrected chi connectivity index (χ1v) is 10.6. The van der Waals surface area contributed by atoms with Gasteiger partial charge in [-0.2, -0.15) is 0 Å². The molecule has 2 heterocycles. The zero-order valence-corrected chi connectivity index (χ0v) is 17.8. The van der Waals surface area contributed by atoms with Gasteiger partial charge in [0.05, 0.1) is 47.8 Å². The Balaban J connectivity index is 2.38. The molecule has 0 amide bonds. The summed E-state index contributed by atoms with van der Waals surface area (Å²) >= 11 is 18.8. The van der Waals surface area contributed by atoms with E-state index in [1.165, 1.54) is 32.5 Å². The maximum atomic E-state index is 11.8. The summed E-state index contributed by atoms with van der Waals surface area (Å²) in [6.07, 6.45) is 2.38. The Bertz CT molecular complexity index is 1160. The van der Waals surface area contributed by atoms with E-state index in [1.54, 1.807) is 0 Å². The van der Waals surface area contributed by atoms with Gasteiger partial charge in [0, 0.05) is 11.5 Å². The molecule has 0 aliphatic heterocycles. The topological polar surface area (TPSA) is 103 Å². The van der Waals surface area contributed by atoms with Crippen molar-refractivity contribution in [1.29, 1.82) is 0 Å². The number of pyridine rings is 1. The number of hydrogen-bond acceptors (Lipinski definition) is 7. The van der Waals surface area contributed by atoms with Gasteiger partial charge >= 0.3 is 0 Å². The second kappa shape index (κ2) is 7.75.